The number of hydrogen-bond acceptors (Lipinski definition) is 5. The Morgan fingerprint density at radius 1 is 1.47 bits per heavy atom. The van der Waals surface area contributed by atoms with Crippen molar-refractivity contribution in [2.45, 2.75) is 37.9 Å². The Labute approximate surface area is 111 Å². The Morgan fingerprint density at radius 2 is 2.26 bits per heavy atom. The van der Waals surface area contributed by atoms with E-state index in [-0.39, 0.29) is 24.1 Å². The lowest BCUT2D eigenvalue weighted by molar-refractivity contribution is -0.143. The third-order valence-corrected chi connectivity index (χ3v) is 3.32. The Morgan fingerprint density at radius 3 is 2.84 bits per heavy atom. The summed E-state index contributed by atoms with van der Waals surface area (Å²) in [6.07, 6.45) is 2.38. The summed E-state index contributed by atoms with van der Waals surface area (Å²) in [5, 5.41) is 12.2. The van der Waals surface area contributed by atoms with Crippen LogP contribution in [0, 0.1) is 0 Å². The van der Waals surface area contributed by atoms with Crippen molar-refractivity contribution in [3.05, 3.63) is 0 Å². The molecule has 1 amide bonds. The van der Waals surface area contributed by atoms with Gasteiger partial charge in [-0.1, -0.05) is 5.16 Å². The van der Waals surface area contributed by atoms with Crippen LogP contribution in [0.3, 0.4) is 0 Å². The van der Waals surface area contributed by atoms with Gasteiger partial charge in [0.25, 0.3) is 5.91 Å². The summed E-state index contributed by atoms with van der Waals surface area (Å²) in [4.78, 5) is 29.2. The second-order valence-electron chi connectivity index (χ2n) is 4.85. The molecular weight excluding hydrogens is 252 g/mol. The predicted octanol–water partition coefficient (Wildman–Crippen LogP) is 0.243. The van der Waals surface area contributed by atoms with Crippen LogP contribution in [-0.2, 0) is 19.2 Å². The summed E-state index contributed by atoms with van der Waals surface area (Å²) < 4.78 is 5.56. The van der Waals surface area contributed by atoms with Gasteiger partial charge in [0.05, 0.1) is 6.10 Å². The highest BCUT2D eigenvalue weighted by molar-refractivity contribution is 6.36. The van der Waals surface area contributed by atoms with E-state index in [1.165, 1.54) is 4.90 Å². The first kappa shape index (κ1) is 13.8. The van der Waals surface area contributed by atoms with E-state index in [4.69, 9.17) is 14.7 Å². The normalized spacial score (nSPS) is 26.5. The molecule has 0 saturated carbocycles. The highest BCUT2D eigenvalue weighted by Gasteiger charge is 2.34. The molecule has 2 aliphatic heterocycles. The van der Waals surface area contributed by atoms with Gasteiger partial charge in [-0.3, -0.25) is 4.79 Å². The number of likely N-dealkylation sites (N-methyl/N-ethyl adjacent to an activating group) is 1. The number of oxime groups is 1. The average molecular weight is 270 g/mol. The maximum atomic E-state index is 12.1. The number of carboxylic acid groups (broad SMARTS) is 1. The zero-order valence-electron chi connectivity index (χ0n) is 10.9. The fraction of sp³-hybridized carbons (Fsp3) is 0.750. The van der Waals surface area contributed by atoms with Crippen molar-refractivity contribution in [3.8, 4) is 0 Å². The second kappa shape index (κ2) is 6.01. The van der Waals surface area contributed by atoms with Gasteiger partial charge < -0.3 is 19.6 Å². The van der Waals surface area contributed by atoms with Crippen molar-refractivity contribution in [2.75, 3.05) is 20.2 Å². The molecule has 0 radical (unpaired) electrons. The topological polar surface area (TPSA) is 88.4 Å². The maximum absolute atomic E-state index is 12.1. The Hall–Kier alpha value is -1.63. The molecule has 106 valence electrons. The summed E-state index contributed by atoms with van der Waals surface area (Å²) >= 11 is 0. The minimum absolute atomic E-state index is 0.0179. The smallest absolute Gasteiger partial charge is 0.353 e. The molecule has 2 heterocycles. The summed E-state index contributed by atoms with van der Waals surface area (Å²) in [6.45, 7) is 1.24. The molecule has 0 bridgehead atoms. The lowest BCUT2D eigenvalue weighted by Gasteiger charge is -2.28. The third-order valence-electron chi connectivity index (χ3n) is 3.32. The fourth-order valence-corrected chi connectivity index (χ4v) is 2.23. The van der Waals surface area contributed by atoms with Gasteiger partial charge in [-0.2, -0.15) is 0 Å². The average Bonchev–Trinajstić information content (AvgIpc) is 2.88. The zero-order chi connectivity index (χ0) is 13.8. The Kier molecular flexibility index (Phi) is 4.36. The summed E-state index contributed by atoms with van der Waals surface area (Å²) in [6, 6.07) is 0. The molecule has 0 aromatic rings. The van der Waals surface area contributed by atoms with E-state index in [0.29, 0.717) is 6.54 Å². The van der Waals surface area contributed by atoms with Crippen LogP contribution in [0.4, 0.5) is 0 Å². The number of aliphatic carboxylic acids is 1. The van der Waals surface area contributed by atoms with E-state index in [1.54, 1.807) is 7.05 Å². The van der Waals surface area contributed by atoms with Gasteiger partial charge in [0.1, 0.15) is 0 Å². The SMILES string of the molecule is CN(CC1CCCCO1)C(=O)C1CC(C(=O)O)=NO1. The minimum Gasteiger partial charge on any atom is -0.477 e. The predicted molar refractivity (Wildman–Crippen MR) is 65.8 cm³/mol. The fourth-order valence-electron chi connectivity index (χ4n) is 2.23. The van der Waals surface area contributed by atoms with Crippen molar-refractivity contribution in [1.29, 1.82) is 0 Å². The lowest BCUT2D eigenvalue weighted by Crippen LogP contribution is -2.42. The third kappa shape index (κ3) is 3.44. The van der Waals surface area contributed by atoms with Crippen molar-refractivity contribution in [2.24, 2.45) is 5.16 Å². The number of carboxylic acids is 1. The van der Waals surface area contributed by atoms with Gasteiger partial charge in [-0.25, -0.2) is 4.79 Å². The molecule has 0 aromatic heterocycles. The molecule has 2 rings (SSSR count). The van der Waals surface area contributed by atoms with Crippen molar-refractivity contribution >= 4 is 17.6 Å². The second-order valence-corrected chi connectivity index (χ2v) is 4.85. The van der Waals surface area contributed by atoms with Gasteiger partial charge in [0, 0.05) is 26.6 Å². The molecule has 19 heavy (non-hydrogen) atoms. The van der Waals surface area contributed by atoms with Crippen molar-refractivity contribution < 1.29 is 24.3 Å². The lowest BCUT2D eigenvalue weighted by atomic mass is 10.1. The molecule has 2 atom stereocenters. The first-order chi connectivity index (χ1) is 9.08. The standard InChI is InChI=1S/C12H18N2O5/c1-14(7-8-4-2-3-5-18-8)11(15)10-6-9(12(16)17)13-19-10/h8,10H,2-7H2,1H3,(H,16,17). The Bertz CT molecular complexity index is 390. The summed E-state index contributed by atoms with van der Waals surface area (Å²) in [5.74, 6) is -1.40. The molecule has 0 aromatic carbocycles. The van der Waals surface area contributed by atoms with Gasteiger partial charge in [-0.15, -0.1) is 0 Å². The quantitative estimate of drug-likeness (QED) is 0.790. The van der Waals surface area contributed by atoms with E-state index < -0.39 is 12.1 Å². The largest absolute Gasteiger partial charge is 0.477 e. The molecule has 1 fully saturated rings. The van der Waals surface area contributed by atoms with Crippen LogP contribution in [0.15, 0.2) is 5.16 Å². The Balaban J connectivity index is 1.81. The van der Waals surface area contributed by atoms with Gasteiger partial charge >= 0.3 is 5.97 Å². The van der Waals surface area contributed by atoms with Crippen LogP contribution in [0.25, 0.3) is 0 Å². The zero-order valence-corrected chi connectivity index (χ0v) is 10.9. The molecule has 1 N–H and O–H groups in total. The highest BCUT2D eigenvalue weighted by Crippen LogP contribution is 2.16. The minimum atomic E-state index is -1.14. The van der Waals surface area contributed by atoms with E-state index >= 15 is 0 Å². The molecule has 7 nitrogen and oxygen atoms in total. The number of hydrogen-bond donors (Lipinski definition) is 1. The van der Waals surface area contributed by atoms with Crippen LogP contribution in [0.5, 0.6) is 0 Å². The van der Waals surface area contributed by atoms with E-state index in [0.717, 1.165) is 25.9 Å². The first-order valence-corrected chi connectivity index (χ1v) is 6.40. The van der Waals surface area contributed by atoms with Crippen molar-refractivity contribution in [3.63, 3.8) is 0 Å². The number of nitrogens with zero attached hydrogens (tertiary/aromatic N) is 2. The molecule has 1 saturated heterocycles. The summed E-state index contributed by atoms with van der Waals surface area (Å²) in [5.41, 5.74) is -0.110. The van der Waals surface area contributed by atoms with Crippen LogP contribution in [0.2, 0.25) is 0 Å². The number of carbonyl (C=O) groups is 2. The van der Waals surface area contributed by atoms with E-state index in [1.807, 2.05) is 0 Å². The molecular formula is C12H18N2O5. The van der Waals surface area contributed by atoms with E-state index in [9.17, 15) is 9.59 Å². The summed E-state index contributed by atoms with van der Waals surface area (Å²) in [7, 11) is 1.67. The van der Waals surface area contributed by atoms with Gasteiger partial charge in [0.2, 0.25) is 6.10 Å². The first-order valence-electron chi connectivity index (χ1n) is 6.40. The highest BCUT2D eigenvalue weighted by atomic mass is 16.6. The molecule has 0 aliphatic carbocycles. The number of amides is 1. The number of carbonyl (C=O) groups excluding carboxylic acids is 1. The van der Waals surface area contributed by atoms with Crippen LogP contribution in [0.1, 0.15) is 25.7 Å². The van der Waals surface area contributed by atoms with Crippen molar-refractivity contribution in [1.82, 2.24) is 4.90 Å². The number of rotatable bonds is 4. The van der Waals surface area contributed by atoms with Crippen LogP contribution in [-0.4, -0.2) is 60.0 Å². The maximum Gasteiger partial charge on any atom is 0.353 e. The molecule has 7 heteroatoms. The molecule has 2 aliphatic rings. The molecule has 0 spiro atoms. The van der Waals surface area contributed by atoms with E-state index in [2.05, 4.69) is 5.16 Å². The monoisotopic (exact) mass is 270 g/mol. The van der Waals surface area contributed by atoms with Crippen LogP contribution < -0.4 is 0 Å². The molecule has 2 unspecified atom stereocenters. The van der Waals surface area contributed by atoms with Gasteiger partial charge in [0.15, 0.2) is 5.71 Å². The van der Waals surface area contributed by atoms with Crippen LogP contribution >= 0.6 is 0 Å². The van der Waals surface area contributed by atoms with Gasteiger partial charge in [-0.05, 0) is 19.3 Å². The number of ether oxygens (including phenoxy) is 1.